The number of para-hydroxylation sites is 1. The standard InChI is InChI=1S/C23H29ClN4O5S4/c1-4-26(5-2)14-15-27(23-25-21-17(34-23)9-6-10-18(21)36(3,30)31)22(29)16-8-7-13-28(16)37(32,33)20-12-11-19(24)35-20/h6,9-12,16H,4-5,7-8,13-15H2,1-3H3. The predicted molar refractivity (Wildman–Crippen MR) is 149 cm³/mol. The number of fused-ring (bicyclic) bond motifs is 1. The van der Waals surface area contributed by atoms with Crippen LogP contribution in [0.25, 0.3) is 10.2 Å². The number of benzene rings is 1. The molecule has 3 aromatic rings. The van der Waals surface area contributed by atoms with Crippen molar-refractivity contribution < 1.29 is 21.6 Å². The molecule has 0 radical (unpaired) electrons. The highest BCUT2D eigenvalue weighted by atomic mass is 35.5. The molecule has 1 aromatic carbocycles. The molecule has 1 unspecified atom stereocenters. The van der Waals surface area contributed by atoms with Gasteiger partial charge in [-0.05, 0) is 50.2 Å². The highest BCUT2D eigenvalue weighted by Gasteiger charge is 2.42. The van der Waals surface area contributed by atoms with Gasteiger partial charge in [-0.2, -0.15) is 4.31 Å². The van der Waals surface area contributed by atoms with Gasteiger partial charge in [0.15, 0.2) is 15.0 Å². The maximum absolute atomic E-state index is 14.0. The molecule has 1 saturated heterocycles. The molecule has 0 bridgehead atoms. The van der Waals surface area contributed by atoms with Crippen molar-refractivity contribution in [2.45, 2.75) is 41.8 Å². The second-order valence-electron chi connectivity index (χ2n) is 8.72. The van der Waals surface area contributed by atoms with Gasteiger partial charge in [0, 0.05) is 25.9 Å². The molecule has 202 valence electrons. The van der Waals surface area contributed by atoms with Gasteiger partial charge in [-0.1, -0.05) is 42.9 Å². The number of amides is 1. The summed E-state index contributed by atoms with van der Waals surface area (Å²) in [6.07, 6.45) is 2.07. The van der Waals surface area contributed by atoms with Gasteiger partial charge in [-0.15, -0.1) is 11.3 Å². The van der Waals surface area contributed by atoms with Crippen LogP contribution in [0.15, 0.2) is 39.4 Å². The largest absolute Gasteiger partial charge is 0.302 e. The van der Waals surface area contributed by atoms with Crippen molar-refractivity contribution in [3.8, 4) is 0 Å². The van der Waals surface area contributed by atoms with Crippen LogP contribution < -0.4 is 4.90 Å². The Hall–Kier alpha value is -1.61. The quantitative estimate of drug-likeness (QED) is 0.345. The van der Waals surface area contributed by atoms with E-state index in [2.05, 4.69) is 9.88 Å². The first-order chi connectivity index (χ1) is 17.5. The summed E-state index contributed by atoms with van der Waals surface area (Å²) >= 11 is 8.18. The number of hydrogen-bond acceptors (Lipinski definition) is 9. The first kappa shape index (κ1) is 28.4. The minimum atomic E-state index is -3.91. The number of thiazole rings is 1. The van der Waals surface area contributed by atoms with Gasteiger partial charge in [0.2, 0.25) is 5.91 Å². The van der Waals surface area contributed by atoms with Gasteiger partial charge in [0.1, 0.15) is 15.8 Å². The summed E-state index contributed by atoms with van der Waals surface area (Å²) in [5.74, 6) is -0.365. The van der Waals surface area contributed by atoms with Crippen molar-refractivity contribution >= 4 is 75.4 Å². The normalized spacial score (nSPS) is 17.2. The van der Waals surface area contributed by atoms with E-state index in [1.54, 1.807) is 12.1 Å². The Morgan fingerprint density at radius 1 is 1.11 bits per heavy atom. The second-order valence-corrected chi connectivity index (χ2v) is 15.5. The van der Waals surface area contributed by atoms with Gasteiger partial charge >= 0.3 is 0 Å². The molecule has 14 heteroatoms. The van der Waals surface area contributed by atoms with E-state index >= 15 is 0 Å². The van der Waals surface area contributed by atoms with Crippen LogP contribution in [0, 0.1) is 0 Å². The van der Waals surface area contributed by atoms with Crippen LogP contribution in [0.3, 0.4) is 0 Å². The zero-order valence-electron chi connectivity index (χ0n) is 20.8. The number of sulfone groups is 1. The Morgan fingerprint density at radius 3 is 2.46 bits per heavy atom. The Balaban J connectivity index is 1.74. The Morgan fingerprint density at radius 2 is 1.84 bits per heavy atom. The van der Waals surface area contributed by atoms with Crippen molar-refractivity contribution in [1.29, 1.82) is 0 Å². The number of rotatable bonds is 10. The summed E-state index contributed by atoms with van der Waals surface area (Å²) in [5, 5.41) is 0.353. The molecule has 2 aromatic heterocycles. The van der Waals surface area contributed by atoms with E-state index in [1.165, 1.54) is 38.7 Å². The van der Waals surface area contributed by atoms with E-state index in [4.69, 9.17) is 11.6 Å². The fourth-order valence-electron chi connectivity index (χ4n) is 4.41. The van der Waals surface area contributed by atoms with Crippen LogP contribution in [0.5, 0.6) is 0 Å². The summed E-state index contributed by atoms with van der Waals surface area (Å²) in [5.41, 5.74) is 0.315. The monoisotopic (exact) mass is 604 g/mol. The van der Waals surface area contributed by atoms with E-state index < -0.39 is 25.9 Å². The lowest BCUT2D eigenvalue weighted by atomic mass is 10.2. The van der Waals surface area contributed by atoms with Crippen molar-refractivity contribution in [1.82, 2.24) is 14.2 Å². The molecule has 37 heavy (non-hydrogen) atoms. The Bertz CT molecular complexity index is 1500. The average molecular weight is 605 g/mol. The number of hydrogen-bond donors (Lipinski definition) is 0. The molecule has 3 heterocycles. The van der Waals surface area contributed by atoms with Gasteiger partial charge in [-0.25, -0.2) is 21.8 Å². The second kappa shape index (κ2) is 11.2. The molecular weight excluding hydrogens is 576 g/mol. The number of likely N-dealkylation sites (N-methyl/N-ethyl adjacent to an activating group) is 1. The molecule has 1 amide bonds. The van der Waals surface area contributed by atoms with Gasteiger partial charge in [-0.3, -0.25) is 9.69 Å². The number of carbonyl (C=O) groups excluding carboxylic acids is 1. The van der Waals surface area contributed by atoms with Crippen molar-refractivity contribution in [3.63, 3.8) is 0 Å². The fraction of sp³-hybridized carbons (Fsp3) is 0.478. The first-order valence-corrected chi connectivity index (χ1v) is 17.2. The Labute approximate surface area is 230 Å². The zero-order valence-corrected chi connectivity index (χ0v) is 24.8. The maximum atomic E-state index is 14.0. The number of sulfonamides is 1. The summed E-state index contributed by atoms with van der Waals surface area (Å²) in [4.78, 5) is 22.4. The molecule has 9 nitrogen and oxygen atoms in total. The van der Waals surface area contributed by atoms with Crippen molar-refractivity contribution in [3.05, 3.63) is 34.7 Å². The molecule has 1 aliphatic rings. The minimum Gasteiger partial charge on any atom is -0.302 e. The van der Waals surface area contributed by atoms with Gasteiger partial charge < -0.3 is 4.90 Å². The third-order valence-corrected chi connectivity index (χ3v) is 12.2. The molecule has 0 aliphatic carbocycles. The fourth-order valence-corrected chi connectivity index (χ4v) is 9.60. The predicted octanol–water partition coefficient (Wildman–Crippen LogP) is 3.94. The minimum absolute atomic E-state index is 0.100. The SMILES string of the molecule is CCN(CC)CCN(C(=O)C1CCCN1S(=O)(=O)c1ccc(Cl)s1)c1nc2c(S(C)(=O)=O)cccc2s1. The van der Waals surface area contributed by atoms with Gasteiger partial charge in [0.25, 0.3) is 10.0 Å². The molecular formula is C23H29ClN4O5S4. The van der Waals surface area contributed by atoms with Crippen LogP contribution in [-0.4, -0.2) is 82.0 Å². The van der Waals surface area contributed by atoms with Crippen LogP contribution in [0.1, 0.15) is 26.7 Å². The molecule has 1 atom stereocenters. The molecule has 0 saturated carbocycles. The number of halogens is 1. The molecule has 0 spiro atoms. The van der Waals surface area contributed by atoms with E-state index in [1.807, 2.05) is 13.8 Å². The lowest BCUT2D eigenvalue weighted by molar-refractivity contribution is -0.121. The molecule has 4 rings (SSSR count). The smallest absolute Gasteiger partial charge is 0.253 e. The molecule has 0 N–H and O–H groups in total. The lowest BCUT2D eigenvalue weighted by Crippen LogP contribution is -2.49. The van der Waals surface area contributed by atoms with E-state index in [0.29, 0.717) is 45.6 Å². The third kappa shape index (κ3) is 5.87. The molecule has 1 fully saturated rings. The van der Waals surface area contributed by atoms with Crippen LogP contribution in [0.4, 0.5) is 5.13 Å². The number of thiophene rings is 1. The van der Waals surface area contributed by atoms with Crippen LogP contribution in [-0.2, 0) is 24.7 Å². The van der Waals surface area contributed by atoms with Gasteiger partial charge in [0.05, 0.1) is 13.9 Å². The summed E-state index contributed by atoms with van der Waals surface area (Å²) in [6, 6.07) is 7.03. The number of nitrogens with zero attached hydrogens (tertiary/aromatic N) is 4. The average Bonchev–Trinajstić information content (AvgIpc) is 3.60. The van der Waals surface area contributed by atoms with E-state index in [-0.39, 0.29) is 21.6 Å². The summed E-state index contributed by atoms with van der Waals surface area (Å²) in [7, 11) is -7.44. The number of carbonyl (C=O) groups is 1. The van der Waals surface area contributed by atoms with E-state index in [0.717, 1.165) is 30.7 Å². The zero-order chi connectivity index (χ0) is 27.0. The lowest BCUT2D eigenvalue weighted by Gasteiger charge is -2.29. The number of anilines is 1. The van der Waals surface area contributed by atoms with Crippen LogP contribution in [0.2, 0.25) is 4.34 Å². The van der Waals surface area contributed by atoms with Crippen LogP contribution >= 0.6 is 34.3 Å². The highest BCUT2D eigenvalue weighted by molar-refractivity contribution is 7.91. The third-order valence-electron chi connectivity index (χ3n) is 6.40. The van der Waals surface area contributed by atoms with Crippen molar-refractivity contribution in [2.75, 3.05) is 43.9 Å². The first-order valence-electron chi connectivity index (χ1n) is 11.9. The van der Waals surface area contributed by atoms with E-state index in [9.17, 15) is 21.6 Å². The topological polar surface area (TPSA) is 108 Å². The highest BCUT2D eigenvalue weighted by Crippen LogP contribution is 2.36. The molecule has 1 aliphatic heterocycles. The Kier molecular flexibility index (Phi) is 8.63. The summed E-state index contributed by atoms with van der Waals surface area (Å²) < 4.78 is 53.8. The number of aromatic nitrogens is 1. The maximum Gasteiger partial charge on any atom is 0.253 e. The van der Waals surface area contributed by atoms with Crippen molar-refractivity contribution in [2.24, 2.45) is 0 Å². The summed E-state index contributed by atoms with van der Waals surface area (Å²) in [6.45, 7) is 6.74.